The van der Waals surface area contributed by atoms with E-state index in [-0.39, 0.29) is 5.91 Å². The van der Waals surface area contributed by atoms with Crippen LogP contribution in [0.1, 0.15) is 64.7 Å². The van der Waals surface area contributed by atoms with Crippen molar-refractivity contribution < 1.29 is 4.79 Å². The number of rotatable bonds is 6. The number of hydrogen-bond donors (Lipinski definition) is 2. The first-order valence-corrected chi connectivity index (χ1v) is 8.98. The molecular formula is C17H33N3O. The first kappa shape index (κ1) is 16.8. The molecular weight excluding hydrogens is 262 g/mol. The van der Waals surface area contributed by atoms with Crippen LogP contribution in [0.15, 0.2) is 0 Å². The first-order valence-electron chi connectivity index (χ1n) is 8.98. The highest BCUT2D eigenvalue weighted by molar-refractivity contribution is 5.78. The quantitative estimate of drug-likeness (QED) is 0.739. The fourth-order valence-electron chi connectivity index (χ4n) is 4.12. The number of amides is 1. The zero-order valence-corrected chi connectivity index (χ0v) is 13.7. The van der Waals surface area contributed by atoms with E-state index in [1.165, 1.54) is 44.9 Å². The van der Waals surface area contributed by atoms with Gasteiger partial charge in [-0.25, -0.2) is 0 Å². The lowest BCUT2D eigenvalue weighted by Gasteiger charge is -2.31. The van der Waals surface area contributed by atoms with E-state index in [2.05, 4.69) is 17.1 Å². The molecule has 2 atom stereocenters. The zero-order valence-electron chi connectivity index (χ0n) is 13.7. The smallest absolute Gasteiger partial charge is 0.234 e. The Labute approximate surface area is 129 Å². The zero-order chi connectivity index (χ0) is 15.1. The van der Waals surface area contributed by atoms with E-state index >= 15 is 0 Å². The van der Waals surface area contributed by atoms with Gasteiger partial charge in [0.15, 0.2) is 0 Å². The van der Waals surface area contributed by atoms with Gasteiger partial charge in [-0.3, -0.25) is 9.69 Å². The van der Waals surface area contributed by atoms with Crippen LogP contribution in [0.5, 0.6) is 0 Å². The standard InChI is InChI=1S/C17H33N3O/c1-2-20(16-11-7-8-14(16)12-18)13-17(21)19-15-9-5-3-4-6-10-15/h14-16H,2-13,18H2,1H3,(H,19,21). The van der Waals surface area contributed by atoms with E-state index in [0.29, 0.717) is 24.5 Å². The molecule has 0 aromatic heterocycles. The molecule has 21 heavy (non-hydrogen) atoms. The van der Waals surface area contributed by atoms with Gasteiger partial charge in [0.1, 0.15) is 0 Å². The van der Waals surface area contributed by atoms with Crippen LogP contribution in [0.25, 0.3) is 0 Å². The number of nitrogens with zero attached hydrogens (tertiary/aromatic N) is 1. The van der Waals surface area contributed by atoms with Crippen LogP contribution in [0, 0.1) is 5.92 Å². The van der Waals surface area contributed by atoms with E-state index in [1.54, 1.807) is 0 Å². The summed E-state index contributed by atoms with van der Waals surface area (Å²) in [6.07, 6.45) is 11.2. The lowest BCUT2D eigenvalue weighted by Crippen LogP contribution is -2.47. The summed E-state index contributed by atoms with van der Waals surface area (Å²) in [7, 11) is 0. The van der Waals surface area contributed by atoms with Gasteiger partial charge in [-0.15, -0.1) is 0 Å². The summed E-state index contributed by atoms with van der Waals surface area (Å²) < 4.78 is 0. The average molecular weight is 295 g/mol. The highest BCUT2D eigenvalue weighted by Gasteiger charge is 2.31. The van der Waals surface area contributed by atoms with Gasteiger partial charge < -0.3 is 11.1 Å². The minimum absolute atomic E-state index is 0.214. The maximum atomic E-state index is 12.4. The maximum absolute atomic E-state index is 12.4. The summed E-state index contributed by atoms with van der Waals surface area (Å²) in [5, 5.41) is 3.27. The van der Waals surface area contributed by atoms with Crippen molar-refractivity contribution in [3.63, 3.8) is 0 Å². The predicted molar refractivity (Wildman–Crippen MR) is 87.1 cm³/mol. The van der Waals surface area contributed by atoms with Crippen LogP contribution in [0.2, 0.25) is 0 Å². The Morgan fingerprint density at radius 2 is 1.81 bits per heavy atom. The molecule has 2 unspecified atom stereocenters. The lowest BCUT2D eigenvalue weighted by atomic mass is 10.0. The van der Waals surface area contributed by atoms with Crippen molar-refractivity contribution in [1.29, 1.82) is 0 Å². The van der Waals surface area contributed by atoms with Gasteiger partial charge in [0.2, 0.25) is 5.91 Å². The van der Waals surface area contributed by atoms with Gasteiger partial charge in [0.25, 0.3) is 0 Å². The Hall–Kier alpha value is -0.610. The molecule has 1 amide bonds. The van der Waals surface area contributed by atoms with Crippen molar-refractivity contribution in [2.24, 2.45) is 11.7 Å². The molecule has 0 radical (unpaired) electrons. The average Bonchev–Trinajstić information content (AvgIpc) is 2.82. The number of likely N-dealkylation sites (N-methyl/N-ethyl adjacent to an activating group) is 1. The van der Waals surface area contributed by atoms with Crippen molar-refractivity contribution in [3.05, 3.63) is 0 Å². The third-order valence-corrected chi connectivity index (χ3v) is 5.36. The third kappa shape index (κ3) is 4.96. The molecule has 2 fully saturated rings. The molecule has 0 heterocycles. The normalized spacial score (nSPS) is 27.8. The fraction of sp³-hybridized carbons (Fsp3) is 0.941. The topological polar surface area (TPSA) is 58.4 Å². The van der Waals surface area contributed by atoms with Crippen LogP contribution in [0.4, 0.5) is 0 Å². The fourth-order valence-corrected chi connectivity index (χ4v) is 4.12. The molecule has 0 aliphatic heterocycles. The number of carbonyl (C=O) groups excluding carboxylic acids is 1. The molecule has 2 aliphatic carbocycles. The second kappa shape index (κ2) is 8.74. The first-order chi connectivity index (χ1) is 10.2. The van der Waals surface area contributed by atoms with Crippen molar-refractivity contribution in [1.82, 2.24) is 10.2 Å². The molecule has 2 rings (SSSR count). The van der Waals surface area contributed by atoms with Gasteiger partial charge >= 0.3 is 0 Å². The van der Waals surface area contributed by atoms with E-state index < -0.39 is 0 Å². The highest BCUT2D eigenvalue weighted by Crippen LogP contribution is 2.29. The second-order valence-corrected chi connectivity index (χ2v) is 6.81. The second-order valence-electron chi connectivity index (χ2n) is 6.81. The highest BCUT2D eigenvalue weighted by atomic mass is 16.2. The van der Waals surface area contributed by atoms with Crippen molar-refractivity contribution in [2.45, 2.75) is 76.8 Å². The molecule has 0 aromatic rings. The monoisotopic (exact) mass is 295 g/mol. The van der Waals surface area contributed by atoms with Crippen LogP contribution in [0.3, 0.4) is 0 Å². The summed E-state index contributed by atoms with van der Waals surface area (Å²) in [4.78, 5) is 14.7. The van der Waals surface area contributed by atoms with E-state index in [0.717, 1.165) is 25.9 Å². The molecule has 0 spiro atoms. The molecule has 3 N–H and O–H groups in total. The van der Waals surface area contributed by atoms with Crippen LogP contribution >= 0.6 is 0 Å². The van der Waals surface area contributed by atoms with E-state index in [1.807, 2.05) is 0 Å². The Balaban J connectivity index is 1.81. The third-order valence-electron chi connectivity index (χ3n) is 5.36. The summed E-state index contributed by atoms with van der Waals surface area (Å²) in [5.41, 5.74) is 5.89. The van der Waals surface area contributed by atoms with Gasteiger partial charge in [-0.2, -0.15) is 0 Å². The molecule has 0 aromatic carbocycles. The number of nitrogens with one attached hydrogen (secondary N) is 1. The van der Waals surface area contributed by atoms with Gasteiger partial charge in [0, 0.05) is 12.1 Å². The Bertz CT molecular complexity index is 313. The molecule has 2 saturated carbocycles. The van der Waals surface area contributed by atoms with E-state index in [4.69, 9.17) is 5.73 Å². The van der Waals surface area contributed by atoms with Gasteiger partial charge in [-0.1, -0.05) is 39.0 Å². The van der Waals surface area contributed by atoms with Gasteiger partial charge in [0.05, 0.1) is 6.54 Å². The van der Waals surface area contributed by atoms with Crippen LogP contribution in [-0.4, -0.2) is 42.5 Å². The Kier molecular flexibility index (Phi) is 6.97. The van der Waals surface area contributed by atoms with Crippen molar-refractivity contribution in [2.75, 3.05) is 19.6 Å². The minimum Gasteiger partial charge on any atom is -0.352 e. The SMILES string of the molecule is CCN(CC(=O)NC1CCCCCC1)C1CCCC1CN. The number of hydrogen-bond acceptors (Lipinski definition) is 3. The predicted octanol–water partition coefficient (Wildman–Crippen LogP) is 2.27. The molecule has 2 aliphatic rings. The lowest BCUT2D eigenvalue weighted by molar-refractivity contribution is -0.123. The number of carbonyl (C=O) groups is 1. The van der Waals surface area contributed by atoms with Crippen molar-refractivity contribution >= 4 is 5.91 Å². The minimum atomic E-state index is 0.214. The summed E-state index contributed by atoms with van der Waals surface area (Å²) in [6.45, 7) is 4.41. The molecule has 4 nitrogen and oxygen atoms in total. The van der Waals surface area contributed by atoms with E-state index in [9.17, 15) is 4.79 Å². The van der Waals surface area contributed by atoms with Crippen molar-refractivity contribution in [3.8, 4) is 0 Å². The van der Waals surface area contributed by atoms with Gasteiger partial charge in [-0.05, 0) is 44.7 Å². The molecule has 0 saturated heterocycles. The Morgan fingerprint density at radius 1 is 1.10 bits per heavy atom. The summed E-state index contributed by atoms with van der Waals surface area (Å²) in [5.74, 6) is 0.794. The molecule has 4 heteroatoms. The number of nitrogens with two attached hydrogens (primary N) is 1. The van der Waals surface area contributed by atoms with Crippen LogP contribution in [-0.2, 0) is 4.79 Å². The maximum Gasteiger partial charge on any atom is 0.234 e. The van der Waals surface area contributed by atoms with Crippen LogP contribution < -0.4 is 11.1 Å². The Morgan fingerprint density at radius 3 is 2.43 bits per heavy atom. The summed E-state index contributed by atoms with van der Waals surface area (Å²) in [6, 6.07) is 0.924. The largest absolute Gasteiger partial charge is 0.352 e. The molecule has 0 bridgehead atoms. The summed E-state index contributed by atoms with van der Waals surface area (Å²) >= 11 is 0. The molecule has 122 valence electrons.